The molecule has 1 aromatic carbocycles. The topological polar surface area (TPSA) is 0 Å². The first kappa shape index (κ1) is 9.91. The molecule has 2 rings (SSSR count). The highest BCUT2D eigenvalue weighted by Gasteiger charge is 2.09. The van der Waals surface area contributed by atoms with E-state index in [0.717, 1.165) is 16.7 Å². The Bertz CT molecular complexity index is 477. The van der Waals surface area contributed by atoms with E-state index in [1.807, 2.05) is 50.3 Å². The van der Waals surface area contributed by atoms with E-state index in [1.165, 1.54) is 0 Å². The van der Waals surface area contributed by atoms with Gasteiger partial charge in [-0.25, -0.2) is 4.39 Å². The second-order valence-electron chi connectivity index (χ2n) is 3.73. The second-order valence-corrected chi connectivity index (χ2v) is 3.73. The lowest BCUT2D eigenvalue weighted by Gasteiger charge is -2.11. The zero-order chi connectivity index (χ0) is 10.8. The second kappa shape index (κ2) is 3.85. The molecule has 0 fully saturated rings. The summed E-state index contributed by atoms with van der Waals surface area (Å²) in [5.41, 5.74) is 3.78. The quantitative estimate of drug-likeness (QED) is 0.593. The average molecular weight is 200 g/mol. The summed E-state index contributed by atoms with van der Waals surface area (Å²) in [5.74, 6) is -0.131. The highest BCUT2D eigenvalue weighted by Crippen LogP contribution is 2.25. The molecule has 0 aromatic heterocycles. The van der Waals surface area contributed by atoms with Crippen molar-refractivity contribution in [2.24, 2.45) is 0 Å². The maximum Gasteiger partial charge on any atom is 0.127 e. The van der Waals surface area contributed by atoms with Gasteiger partial charge in [0, 0.05) is 0 Å². The molecule has 0 spiro atoms. The molecule has 0 amide bonds. The molecule has 0 unspecified atom stereocenters. The van der Waals surface area contributed by atoms with Gasteiger partial charge in [0.2, 0.25) is 0 Å². The summed E-state index contributed by atoms with van der Waals surface area (Å²) in [5, 5.41) is 0. The monoisotopic (exact) mass is 200 g/mol. The third-order valence-electron chi connectivity index (χ3n) is 2.68. The molecule has 1 heteroatoms. The van der Waals surface area contributed by atoms with Crippen LogP contribution in [-0.2, 0) is 0 Å². The first-order valence-corrected chi connectivity index (χ1v) is 5.01. The number of aryl methyl sites for hydroxylation is 1. The van der Waals surface area contributed by atoms with Crippen molar-refractivity contribution in [3.05, 3.63) is 58.4 Å². The number of allylic oxidation sites excluding steroid dienone is 4. The van der Waals surface area contributed by atoms with Gasteiger partial charge >= 0.3 is 0 Å². The largest absolute Gasteiger partial charge is 0.207 e. The van der Waals surface area contributed by atoms with E-state index in [2.05, 4.69) is 0 Å². The van der Waals surface area contributed by atoms with Gasteiger partial charge in [-0.15, -0.1) is 0 Å². The first-order chi connectivity index (χ1) is 7.20. The lowest BCUT2D eigenvalue weighted by molar-refractivity contribution is 0.616. The maximum absolute atomic E-state index is 13.5. The van der Waals surface area contributed by atoms with Crippen molar-refractivity contribution < 1.29 is 4.39 Å². The van der Waals surface area contributed by atoms with Gasteiger partial charge in [-0.1, -0.05) is 36.5 Å². The minimum atomic E-state index is -0.131. The predicted octanol–water partition coefficient (Wildman–Crippen LogP) is 4.04. The van der Waals surface area contributed by atoms with Crippen LogP contribution in [-0.4, -0.2) is 0 Å². The van der Waals surface area contributed by atoms with Gasteiger partial charge < -0.3 is 0 Å². The van der Waals surface area contributed by atoms with Crippen LogP contribution in [0.4, 0.5) is 4.39 Å². The summed E-state index contributed by atoms with van der Waals surface area (Å²) >= 11 is 0. The number of benzene rings is 1. The molecule has 0 aliphatic heterocycles. The molecule has 0 saturated heterocycles. The third-order valence-corrected chi connectivity index (χ3v) is 2.68. The van der Waals surface area contributed by atoms with Gasteiger partial charge in [0.25, 0.3) is 0 Å². The Morgan fingerprint density at radius 1 is 0.867 bits per heavy atom. The van der Waals surface area contributed by atoms with E-state index in [1.54, 1.807) is 6.07 Å². The number of rotatable bonds is 0. The summed E-state index contributed by atoms with van der Waals surface area (Å²) in [4.78, 5) is 0. The van der Waals surface area contributed by atoms with Crippen LogP contribution in [0.5, 0.6) is 0 Å². The van der Waals surface area contributed by atoms with E-state index >= 15 is 0 Å². The van der Waals surface area contributed by atoms with Crippen molar-refractivity contribution in [1.82, 2.24) is 0 Å². The Labute approximate surface area is 89.4 Å². The number of halogens is 1. The van der Waals surface area contributed by atoms with Crippen molar-refractivity contribution in [2.75, 3.05) is 0 Å². The standard InChI is InChI=1S/C14H13F/c1-10-9-14(15)11(2)13-8-6-4-3-5-7-12(10)13/h3-9H,1-2H3. The van der Waals surface area contributed by atoms with Gasteiger partial charge in [-0.05, 0) is 42.2 Å². The van der Waals surface area contributed by atoms with Crippen LogP contribution < -0.4 is 0 Å². The van der Waals surface area contributed by atoms with Crippen LogP contribution in [0.25, 0.3) is 12.2 Å². The maximum atomic E-state index is 13.5. The molecular weight excluding hydrogens is 187 g/mol. The summed E-state index contributed by atoms with van der Waals surface area (Å²) in [6.45, 7) is 3.75. The van der Waals surface area contributed by atoms with Gasteiger partial charge in [-0.2, -0.15) is 0 Å². The fourth-order valence-electron chi connectivity index (χ4n) is 1.79. The zero-order valence-electron chi connectivity index (χ0n) is 8.92. The Balaban J connectivity index is 2.74. The molecule has 1 aliphatic carbocycles. The smallest absolute Gasteiger partial charge is 0.127 e. The van der Waals surface area contributed by atoms with Crippen molar-refractivity contribution in [3.8, 4) is 0 Å². The van der Waals surface area contributed by atoms with E-state index in [9.17, 15) is 4.39 Å². The number of hydrogen-bond donors (Lipinski definition) is 0. The predicted molar refractivity (Wildman–Crippen MR) is 63.1 cm³/mol. The molecule has 0 atom stereocenters. The minimum Gasteiger partial charge on any atom is -0.207 e. The van der Waals surface area contributed by atoms with E-state index in [4.69, 9.17) is 0 Å². The van der Waals surface area contributed by atoms with E-state index < -0.39 is 0 Å². The molecule has 0 N–H and O–H groups in total. The van der Waals surface area contributed by atoms with Crippen molar-refractivity contribution >= 4 is 12.2 Å². The first-order valence-electron chi connectivity index (χ1n) is 5.01. The lowest BCUT2D eigenvalue weighted by Crippen LogP contribution is -1.95. The molecule has 0 heterocycles. The van der Waals surface area contributed by atoms with Gasteiger partial charge in [0.05, 0.1) is 0 Å². The molecule has 0 saturated carbocycles. The third kappa shape index (κ3) is 1.78. The molecule has 1 aliphatic rings. The van der Waals surface area contributed by atoms with Crippen LogP contribution in [0.15, 0.2) is 30.4 Å². The summed E-state index contributed by atoms with van der Waals surface area (Å²) in [6, 6.07) is 1.59. The summed E-state index contributed by atoms with van der Waals surface area (Å²) in [7, 11) is 0. The minimum absolute atomic E-state index is 0.131. The van der Waals surface area contributed by atoms with Gasteiger partial charge in [0.1, 0.15) is 5.82 Å². The van der Waals surface area contributed by atoms with Crippen molar-refractivity contribution in [2.45, 2.75) is 13.8 Å². The number of fused-ring (bicyclic) bond motifs is 1. The van der Waals surface area contributed by atoms with E-state index in [-0.39, 0.29) is 5.82 Å². The molecule has 76 valence electrons. The molecule has 15 heavy (non-hydrogen) atoms. The van der Waals surface area contributed by atoms with Gasteiger partial charge in [0.15, 0.2) is 0 Å². The van der Waals surface area contributed by atoms with Gasteiger partial charge in [-0.3, -0.25) is 0 Å². The van der Waals surface area contributed by atoms with Crippen LogP contribution in [0, 0.1) is 19.7 Å². The molecule has 1 aromatic rings. The molecular formula is C14H13F. The van der Waals surface area contributed by atoms with Crippen LogP contribution in [0.1, 0.15) is 22.3 Å². The Hall–Kier alpha value is -1.63. The average Bonchev–Trinajstić information content (AvgIpc) is 2.14. The normalized spacial score (nSPS) is 13.5. The molecule has 0 bridgehead atoms. The summed E-state index contributed by atoms with van der Waals surface area (Å²) in [6.07, 6.45) is 11.8. The van der Waals surface area contributed by atoms with Crippen LogP contribution in [0.2, 0.25) is 0 Å². The fraction of sp³-hybridized carbons (Fsp3) is 0.143. The fourth-order valence-corrected chi connectivity index (χ4v) is 1.79. The van der Waals surface area contributed by atoms with Crippen molar-refractivity contribution in [1.29, 1.82) is 0 Å². The van der Waals surface area contributed by atoms with Crippen LogP contribution in [0.3, 0.4) is 0 Å². The molecule has 0 radical (unpaired) electrons. The van der Waals surface area contributed by atoms with Crippen LogP contribution >= 0.6 is 0 Å². The highest BCUT2D eigenvalue weighted by molar-refractivity contribution is 5.72. The Morgan fingerprint density at radius 3 is 2.13 bits per heavy atom. The highest BCUT2D eigenvalue weighted by atomic mass is 19.1. The number of hydrogen-bond acceptors (Lipinski definition) is 0. The van der Waals surface area contributed by atoms with Crippen molar-refractivity contribution in [3.63, 3.8) is 0 Å². The Kier molecular flexibility index (Phi) is 2.55. The molecule has 0 nitrogen and oxygen atoms in total. The lowest BCUT2D eigenvalue weighted by atomic mass is 9.95. The SMILES string of the molecule is Cc1cc(F)c(C)c2c1C=CC=CC=C2. The summed E-state index contributed by atoms with van der Waals surface area (Å²) < 4.78 is 13.5. The Morgan fingerprint density at radius 2 is 1.47 bits per heavy atom. The zero-order valence-corrected chi connectivity index (χ0v) is 8.92. The van der Waals surface area contributed by atoms with E-state index in [0.29, 0.717) is 5.56 Å².